The maximum atomic E-state index is 13.2. The molecule has 0 radical (unpaired) electrons. The molecule has 25 heavy (non-hydrogen) atoms. The van der Waals surface area contributed by atoms with Gasteiger partial charge in [0, 0.05) is 38.1 Å². The molecule has 0 aromatic heterocycles. The lowest BCUT2D eigenvalue weighted by Gasteiger charge is -2.32. The molecule has 2 amide bonds. The van der Waals surface area contributed by atoms with Crippen LogP contribution in [-0.2, 0) is 9.59 Å². The Labute approximate surface area is 152 Å². The molecule has 3 fully saturated rings. The maximum Gasteiger partial charge on any atom is 0.228 e. The fraction of sp³-hybridized carbons (Fsp3) is 0.900. The monoisotopic (exact) mass is 349 g/mol. The molecule has 2 aliphatic heterocycles. The van der Waals surface area contributed by atoms with Crippen molar-refractivity contribution in [3.63, 3.8) is 0 Å². The lowest BCUT2D eigenvalue weighted by atomic mass is 10.0. The van der Waals surface area contributed by atoms with Crippen molar-refractivity contribution in [1.29, 1.82) is 0 Å². The molecule has 0 spiro atoms. The van der Waals surface area contributed by atoms with Crippen LogP contribution in [0.2, 0.25) is 0 Å². The summed E-state index contributed by atoms with van der Waals surface area (Å²) in [6.07, 6.45) is 9.73. The first-order chi connectivity index (χ1) is 12.1. The lowest BCUT2D eigenvalue weighted by molar-refractivity contribution is -0.138. The zero-order valence-corrected chi connectivity index (χ0v) is 16.1. The molecule has 0 unspecified atom stereocenters. The summed E-state index contributed by atoms with van der Waals surface area (Å²) in [4.78, 5) is 32.3. The van der Waals surface area contributed by atoms with Crippen LogP contribution in [0.3, 0.4) is 0 Å². The molecule has 5 nitrogen and oxygen atoms in total. The van der Waals surface area contributed by atoms with E-state index in [2.05, 4.69) is 28.7 Å². The van der Waals surface area contributed by atoms with Gasteiger partial charge in [0.25, 0.3) is 0 Å². The maximum absolute atomic E-state index is 13.2. The first-order valence-electron chi connectivity index (χ1n) is 10.4. The van der Waals surface area contributed by atoms with Crippen molar-refractivity contribution in [2.75, 3.05) is 33.2 Å². The SMILES string of the molecule is CC[C@H]1CN(C)CCCN1C(=O)[C@H]1CC(=O)N(C2CCCCCC2)C1. The number of hydrogen-bond acceptors (Lipinski definition) is 3. The third-order valence-corrected chi connectivity index (χ3v) is 6.43. The van der Waals surface area contributed by atoms with Gasteiger partial charge in [-0.1, -0.05) is 32.6 Å². The number of likely N-dealkylation sites (tertiary alicyclic amines) is 1. The van der Waals surface area contributed by atoms with Gasteiger partial charge < -0.3 is 14.7 Å². The van der Waals surface area contributed by atoms with E-state index in [9.17, 15) is 9.59 Å². The Hall–Kier alpha value is -1.10. The van der Waals surface area contributed by atoms with Gasteiger partial charge in [0.05, 0.1) is 5.92 Å². The van der Waals surface area contributed by atoms with Crippen molar-refractivity contribution in [2.45, 2.75) is 76.8 Å². The predicted octanol–water partition coefficient (Wildman–Crippen LogP) is 2.50. The summed E-state index contributed by atoms with van der Waals surface area (Å²) in [7, 11) is 2.14. The van der Waals surface area contributed by atoms with Gasteiger partial charge in [-0.2, -0.15) is 0 Å². The van der Waals surface area contributed by atoms with Crippen molar-refractivity contribution in [2.24, 2.45) is 5.92 Å². The number of rotatable bonds is 3. The standard InChI is InChI=1S/C20H35N3O2/c1-3-17-15-21(2)11-8-12-22(17)20(25)16-13-19(24)23(14-16)18-9-6-4-5-7-10-18/h16-18H,3-15H2,1-2H3/t16-,17-/m0/s1. The van der Waals surface area contributed by atoms with E-state index in [1.807, 2.05) is 0 Å². The Morgan fingerprint density at radius 3 is 2.44 bits per heavy atom. The number of hydrogen-bond donors (Lipinski definition) is 0. The molecule has 3 aliphatic rings. The molecule has 5 heteroatoms. The van der Waals surface area contributed by atoms with E-state index in [1.54, 1.807) is 0 Å². The molecule has 2 atom stereocenters. The topological polar surface area (TPSA) is 43.9 Å². The van der Waals surface area contributed by atoms with Crippen molar-refractivity contribution in [3.8, 4) is 0 Å². The van der Waals surface area contributed by atoms with Gasteiger partial charge in [0.15, 0.2) is 0 Å². The summed E-state index contributed by atoms with van der Waals surface area (Å²) >= 11 is 0. The lowest BCUT2D eigenvalue weighted by Crippen LogP contribution is -2.47. The van der Waals surface area contributed by atoms with E-state index in [1.165, 1.54) is 25.7 Å². The van der Waals surface area contributed by atoms with Gasteiger partial charge >= 0.3 is 0 Å². The summed E-state index contributed by atoms with van der Waals surface area (Å²) < 4.78 is 0. The summed E-state index contributed by atoms with van der Waals surface area (Å²) in [5.41, 5.74) is 0. The average Bonchev–Trinajstić information content (AvgIpc) is 2.79. The summed E-state index contributed by atoms with van der Waals surface area (Å²) in [6, 6.07) is 0.673. The van der Waals surface area contributed by atoms with Gasteiger partial charge in [-0.3, -0.25) is 9.59 Å². The number of amides is 2. The highest BCUT2D eigenvalue weighted by Gasteiger charge is 2.40. The highest BCUT2D eigenvalue weighted by Crippen LogP contribution is 2.29. The van der Waals surface area contributed by atoms with Crippen LogP contribution in [0, 0.1) is 5.92 Å². The predicted molar refractivity (Wildman–Crippen MR) is 99.2 cm³/mol. The van der Waals surface area contributed by atoms with Crippen LogP contribution in [0.1, 0.15) is 64.7 Å². The summed E-state index contributed by atoms with van der Waals surface area (Å²) in [6.45, 7) is 5.68. The van der Waals surface area contributed by atoms with E-state index in [0.29, 0.717) is 25.0 Å². The zero-order valence-electron chi connectivity index (χ0n) is 16.1. The van der Waals surface area contributed by atoms with E-state index in [0.717, 1.165) is 45.3 Å². The fourth-order valence-corrected chi connectivity index (χ4v) is 4.94. The van der Waals surface area contributed by atoms with Crippen molar-refractivity contribution < 1.29 is 9.59 Å². The molecule has 1 saturated carbocycles. The second kappa shape index (κ2) is 8.52. The largest absolute Gasteiger partial charge is 0.339 e. The average molecular weight is 350 g/mol. The molecule has 0 bridgehead atoms. The molecule has 2 heterocycles. The molecule has 0 aromatic rings. The molecule has 0 aromatic carbocycles. The Morgan fingerprint density at radius 2 is 1.76 bits per heavy atom. The van der Waals surface area contributed by atoms with Gasteiger partial charge in [-0.25, -0.2) is 0 Å². The smallest absolute Gasteiger partial charge is 0.228 e. The van der Waals surface area contributed by atoms with Crippen LogP contribution in [0.5, 0.6) is 0 Å². The van der Waals surface area contributed by atoms with Gasteiger partial charge in [-0.15, -0.1) is 0 Å². The van der Waals surface area contributed by atoms with Crippen LogP contribution >= 0.6 is 0 Å². The van der Waals surface area contributed by atoms with Crippen LogP contribution in [-0.4, -0.2) is 71.8 Å². The molecule has 1 aliphatic carbocycles. The quantitative estimate of drug-likeness (QED) is 0.735. The number of carbonyl (C=O) groups is 2. The molecule has 142 valence electrons. The van der Waals surface area contributed by atoms with Crippen LogP contribution in [0.15, 0.2) is 0 Å². The Morgan fingerprint density at radius 1 is 1.04 bits per heavy atom. The highest BCUT2D eigenvalue weighted by molar-refractivity contribution is 5.89. The van der Waals surface area contributed by atoms with E-state index in [4.69, 9.17) is 0 Å². The third kappa shape index (κ3) is 4.36. The Kier molecular flexibility index (Phi) is 6.37. The zero-order chi connectivity index (χ0) is 17.8. The first kappa shape index (κ1) is 18.7. The van der Waals surface area contributed by atoms with Gasteiger partial charge in [-0.05, 0) is 39.3 Å². The summed E-state index contributed by atoms with van der Waals surface area (Å²) in [5.74, 6) is 0.324. The third-order valence-electron chi connectivity index (χ3n) is 6.43. The van der Waals surface area contributed by atoms with Crippen LogP contribution < -0.4 is 0 Å². The first-order valence-corrected chi connectivity index (χ1v) is 10.4. The molecular formula is C20H35N3O2. The minimum atomic E-state index is -0.117. The van der Waals surface area contributed by atoms with Crippen molar-refractivity contribution >= 4 is 11.8 Å². The van der Waals surface area contributed by atoms with Gasteiger partial charge in [0.2, 0.25) is 11.8 Å². The van der Waals surface area contributed by atoms with E-state index < -0.39 is 0 Å². The summed E-state index contributed by atoms with van der Waals surface area (Å²) in [5, 5.41) is 0. The normalized spacial score (nSPS) is 30.4. The second-order valence-electron chi connectivity index (χ2n) is 8.30. The fourth-order valence-electron chi connectivity index (χ4n) is 4.94. The van der Waals surface area contributed by atoms with Crippen LogP contribution in [0.25, 0.3) is 0 Å². The number of nitrogens with zero attached hydrogens (tertiary/aromatic N) is 3. The Bertz CT molecular complexity index is 474. The van der Waals surface area contributed by atoms with Gasteiger partial charge in [0.1, 0.15) is 0 Å². The molecule has 0 N–H and O–H groups in total. The Balaban J connectivity index is 1.65. The second-order valence-corrected chi connectivity index (χ2v) is 8.30. The minimum absolute atomic E-state index is 0.117. The van der Waals surface area contributed by atoms with Crippen LogP contribution in [0.4, 0.5) is 0 Å². The molecule has 2 saturated heterocycles. The van der Waals surface area contributed by atoms with Crippen molar-refractivity contribution in [3.05, 3.63) is 0 Å². The molecular weight excluding hydrogens is 314 g/mol. The van der Waals surface area contributed by atoms with Crippen molar-refractivity contribution in [1.82, 2.24) is 14.7 Å². The number of carbonyl (C=O) groups excluding carboxylic acids is 2. The number of likely N-dealkylation sites (N-methyl/N-ethyl adjacent to an activating group) is 1. The minimum Gasteiger partial charge on any atom is -0.339 e. The van der Waals surface area contributed by atoms with E-state index in [-0.39, 0.29) is 17.7 Å². The highest BCUT2D eigenvalue weighted by atomic mass is 16.2. The molecule has 3 rings (SSSR count). The van der Waals surface area contributed by atoms with E-state index >= 15 is 0 Å².